The Kier molecular flexibility index (Phi) is 4.48. The maximum Gasteiger partial charge on any atom is 0.328 e. The molecule has 5 rings (SSSR count). The average Bonchev–Trinajstić information content (AvgIpc) is 3.27. The van der Waals surface area contributed by atoms with Crippen LogP contribution in [0.15, 0.2) is 58.9 Å². The minimum atomic E-state index is -0.605. The Morgan fingerprint density at radius 1 is 1.00 bits per heavy atom. The molecule has 1 fully saturated rings. The summed E-state index contributed by atoms with van der Waals surface area (Å²) < 4.78 is 0. The molecule has 2 unspecified atom stereocenters. The smallest absolute Gasteiger partial charge is 0.328 e. The largest absolute Gasteiger partial charge is 0.395 e. The highest BCUT2D eigenvalue weighted by Crippen LogP contribution is 2.38. The Bertz CT molecular complexity index is 1150. The van der Waals surface area contributed by atoms with Gasteiger partial charge in [-0.05, 0) is 30.2 Å². The highest BCUT2D eigenvalue weighted by atomic mass is 16.3. The molecule has 1 saturated heterocycles. The van der Waals surface area contributed by atoms with Crippen molar-refractivity contribution in [2.75, 3.05) is 20.2 Å². The standard InChI is InChI=1S/C23H25N5O3/c1-14-15(2)28-19-20(24-22(28)26(14)11-12-29)25(3)23(31)27(21(19)30)13-17-9-6-8-16-7-4-5-10-18(16)17/h4-10,19-20,29H,11-13H2,1-3H3. The van der Waals surface area contributed by atoms with Crippen molar-refractivity contribution in [1.82, 2.24) is 19.6 Å². The van der Waals surface area contributed by atoms with Crippen molar-refractivity contribution in [3.8, 4) is 0 Å². The summed E-state index contributed by atoms with van der Waals surface area (Å²) in [6, 6.07) is 12.9. The second-order valence-electron chi connectivity index (χ2n) is 8.16. The number of aliphatic hydroxyl groups excluding tert-OH is 1. The van der Waals surface area contributed by atoms with Crippen LogP contribution < -0.4 is 0 Å². The quantitative estimate of drug-likeness (QED) is 0.822. The number of carbonyl (C=O) groups excluding carboxylic acids is 2. The van der Waals surface area contributed by atoms with Gasteiger partial charge in [0.15, 0.2) is 12.2 Å². The number of likely N-dealkylation sites (N-methyl/N-ethyl adjacent to an activating group) is 1. The van der Waals surface area contributed by atoms with Gasteiger partial charge in [-0.3, -0.25) is 14.6 Å². The number of aliphatic imine (C=N–C) groups is 1. The number of rotatable bonds is 4. The molecule has 0 aliphatic carbocycles. The third-order valence-corrected chi connectivity index (χ3v) is 6.54. The predicted molar refractivity (Wildman–Crippen MR) is 117 cm³/mol. The SMILES string of the molecule is CC1=C(C)N2C(=NC3C2C(=O)N(Cc2cccc4ccccc24)C(=O)N3C)N1CCO. The third-order valence-electron chi connectivity index (χ3n) is 6.54. The zero-order chi connectivity index (χ0) is 21.9. The molecular weight excluding hydrogens is 394 g/mol. The van der Waals surface area contributed by atoms with Crippen molar-refractivity contribution >= 4 is 28.7 Å². The van der Waals surface area contributed by atoms with Crippen LogP contribution in [0, 0.1) is 0 Å². The fraction of sp³-hybridized carbons (Fsp3) is 0.348. The maximum absolute atomic E-state index is 13.6. The number of allylic oxidation sites excluding steroid dienone is 2. The van der Waals surface area contributed by atoms with E-state index >= 15 is 0 Å². The number of hydrogen-bond acceptors (Lipinski definition) is 6. The van der Waals surface area contributed by atoms with Crippen LogP contribution in [0.2, 0.25) is 0 Å². The van der Waals surface area contributed by atoms with Gasteiger partial charge >= 0.3 is 6.03 Å². The van der Waals surface area contributed by atoms with E-state index in [2.05, 4.69) is 0 Å². The van der Waals surface area contributed by atoms with E-state index < -0.39 is 12.2 Å². The van der Waals surface area contributed by atoms with Crippen molar-refractivity contribution in [2.24, 2.45) is 4.99 Å². The number of nitrogens with zero attached hydrogens (tertiary/aromatic N) is 5. The number of benzene rings is 2. The second kappa shape index (κ2) is 7.09. The summed E-state index contributed by atoms with van der Waals surface area (Å²) in [4.78, 5) is 38.2. The summed E-state index contributed by atoms with van der Waals surface area (Å²) in [5.41, 5.74) is 2.80. The third kappa shape index (κ3) is 2.75. The summed E-state index contributed by atoms with van der Waals surface area (Å²) in [7, 11) is 1.69. The molecule has 3 amide bonds. The number of imide groups is 1. The summed E-state index contributed by atoms with van der Waals surface area (Å²) in [6.07, 6.45) is -0.581. The van der Waals surface area contributed by atoms with E-state index in [1.54, 1.807) is 11.9 Å². The van der Waals surface area contributed by atoms with Crippen LogP contribution >= 0.6 is 0 Å². The number of carbonyl (C=O) groups is 2. The normalized spacial score (nSPS) is 23.2. The van der Waals surface area contributed by atoms with Gasteiger partial charge < -0.3 is 14.9 Å². The number of amides is 3. The maximum atomic E-state index is 13.6. The van der Waals surface area contributed by atoms with Crippen molar-refractivity contribution in [3.05, 3.63) is 59.4 Å². The molecule has 160 valence electrons. The minimum Gasteiger partial charge on any atom is -0.395 e. The topological polar surface area (TPSA) is 79.7 Å². The molecule has 31 heavy (non-hydrogen) atoms. The van der Waals surface area contributed by atoms with Crippen LogP contribution in [0.3, 0.4) is 0 Å². The first kappa shape index (κ1) is 19.6. The van der Waals surface area contributed by atoms with Gasteiger partial charge in [-0.15, -0.1) is 0 Å². The molecule has 0 saturated carbocycles. The van der Waals surface area contributed by atoms with Crippen LogP contribution in [-0.4, -0.2) is 75.0 Å². The molecule has 2 aromatic carbocycles. The Morgan fingerprint density at radius 2 is 1.74 bits per heavy atom. The van der Waals surface area contributed by atoms with E-state index in [1.807, 2.05) is 66.1 Å². The van der Waals surface area contributed by atoms with Crippen molar-refractivity contribution in [2.45, 2.75) is 32.6 Å². The lowest BCUT2D eigenvalue weighted by atomic mass is 10.0. The fourth-order valence-electron chi connectivity index (χ4n) is 4.79. The predicted octanol–water partition coefficient (Wildman–Crippen LogP) is 2.16. The van der Waals surface area contributed by atoms with Crippen molar-refractivity contribution in [3.63, 3.8) is 0 Å². The molecule has 3 heterocycles. The first-order valence-electron chi connectivity index (χ1n) is 10.4. The van der Waals surface area contributed by atoms with Gasteiger partial charge in [0.2, 0.25) is 5.96 Å². The summed E-state index contributed by atoms with van der Waals surface area (Å²) in [5, 5.41) is 11.6. The minimum absolute atomic E-state index is 0.0251. The Hall–Kier alpha value is -3.39. The summed E-state index contributed by atoms with van der Waals surface area (Å²) >= 11 is 0. The lowest BCUT2D eigenvalue weighted by molar-refractivity contribution is -0.137. The number of aliphatic hydroxyl groups is 1. The van der Waals surface area contributed by atoms with Crippen LogP contribution in [0.5, 0.6) is 0 Å². The van der Waals surface area contributed by atoms with Gasteiger partial charge in [0.1, 0.15) is 0 Å². The summed E-state index contributed by atoms with van der Waals surface area (Å²) in [6.45, 7) is 4.48. The molecule has 0 spiro atoms. The number of β-amino-alcohol motifs (C(OH)–C–C–N with tert-alkyl or cyclic N) is 1. The summed E-state index contributed by atoms with van der Waals surface area (Å²) in [5.74, 6) is 0.372. The molecule has 3 aliphatic heterocycles. The zero-order valence-corrected chi connectivity index (χ0v) is 17.8. The van der Waals surface area contributed by atoms with Gasteiger partial charge in [0.25, 0.3) is 5.91 Å². The Labute approximate surface area is 180 Å². The highest BCUT2D eigenvalue weighted by molar-refractivity contribution is 6.05. The van der Waals surface area contributed by atoms with Crippen LogP contribution in [0.4, 0.5) is 4.79 Å². The van der Waals surface area contributed by atoms with E-state index in [0.29, 0.717) is 12.5 Å². The molecule has 8 heteroatoms. The second-order valence-corrected chi connectivity index (χ2v) is 8.16. The highest BCUT2D eigenvalue weighted by Gasteiger charge is 2.55. The first-order valence-corrected chi connectivity index (χ1v) is 10.4. The average molecular weight is 419 g/mol. The molecule has 1 N–H and O–H groups in total. The number of urea groups is 1. The van der Waals surface area contributed by atoms with Gasteiger partial charge in [0.05, 0.1) is 13.2 Å². The van der Waals surface area contributed by atoms with Gasteiger partial charge in [-0.2, -0.15) is 0 Å². The van der Waals surface area contributed by atoms with E-state index in [-0.39, 0.29) is 25.1 Å². The Morgan fingerprint density at radius 3 is 2.52 bits per heavy atom. The molecule has 0 aromatic heterocycles. The van der Waals surface area contributed by atoms with Crippen LogP contribution in [-0.2, 0) is 11.3 Å². The van der Waals surface area contributed by atoms with Crippen LogP contribution in [0.1, 0.15) is 19.4 Å². The van der Waals surface area contributed by atoms with Gasteiger partial charge in [0, 0.05) is 25.0 Å². The van der Waals surface area contributed by atoms with E-state index in [1.165, 1.54) is 4.90 Å². The first-order chi connectivity index (χ1) is 14.9. The van der Waals surface area contributed by atoms with Gasteiger partial charge in [-0.25, -0.2) is 9.79 Å². The van der Waals surface area contributed by atoms with Crippen molar-refractivity contribution in [1.29, 1.82) is 0 Å². The van der Waals surface area contributed by atoms with E-state index in [9.17, 15) is 14.7 Å². The van der Waals surface area contributed by atoms with E-state index in [4.69, 9.17) is 4.99 Å². The molecular formula is C23H25N5O3. The van der Waals surface area contributed by atoms with Gasteiger partial charge in [-0.1, -0.05) is 42.5 Å². The molecule has 8 nitrogen and oxygen atoms in total. The number of guanidine groups is 1. The molecule has 2 aromatic rings. The lowest BCUT2D eigenvalue weighted by Crippen LogP contribution is -2.64. The molecule has 0 radical (unpaired) electrons. The fourth-order valence-corrected chi connectivity index (χ4v) is 4.79. The number of hydrogen-bond donors (Lipinski definition) is 1. The zero-order valence-electron chi connectivity index (χ0n) is 17.8. The molecule has 3 aliphatic rings. The van der Waals surface area contributed by atoms with E-state index in [0.717, 1.165) is 27.7 Å². The monoisotopic (exact) mass is 419 g/mol. The van der Waals surface area contributed by atoms with Crippen molar-refractivity contribution < 1.29 is 14.7 Å². The molecule has 0 bridgehead atoms. The number of fused-ring (bicyclic) bond motifs is 4. The Balaban J connectivity index is 1.51. The molecule has 2 atom stereocenters. The lowest BCUT2D eigenvalue weighted by Gasteiger charge is -2.41. The van der Waals surface area contributed by atoms with Crippen LogP contribution in [0.25, 0.3) is 10.8 Å².